The molecule has 0 bridgehead atoms. The zero-order valence-electron chi connectivity index (χ0n) is 12.8. The van der Waals surface area contributed by atoms with Crippen LogP contribution in [0.2, 0.25) is 0 Å². The topological polar surface area (TPSA) is 39.6 Å². The van der Waals surface area contributed by atoms with Crippen LogP contribution in [0.25, 0.3) is 0 Å². The highest BCUT2D eigenvalue weighted by atomic mass is 16.3. The minimum absolute atomic E-state index is 0.488. The Labute approximate surface area is 117 Å². The normalized spacial score (nSPS) is 13.1. The number of aliphatic hydroxyl groups is 1. The zero-order chi connectivity index (χ0) is 14.4. The zero-order valence-corrected chi connectivity index (χ0v) is 12.8. The van der Waals surface area contributed by atoms with Crippen LogP contribution in [0.1, 0.15) is 32.4 Å². The Morgan fingerprint density at radius 3 is 2.42 bits per heavy atom. The lowest BCUT2D eigenvalue weighted by atomic mass is 10.1. The van der Waals surface area contributed by atoms with Crippen LogP contribution < -0.4 is 4.90 Å². The summed E-state index contributed by atoms with van der Waals surface area (Å²) in [7, 11) is 4.14. The monoisotopic (exact) mass is 265 g/mol. The molecule has 0 aliphatic heterocycles. The van der Waals surface area contributed by atoms with Gasteiger partial charge in [0.05, 0.1) is 6.10 Å². The smallest absolute Gasteiger partial charge is 0.134 e. The first-order valence-corrected chi connectivity index (χ1v) is 6.94. The van der Waals surface area contributed by atoms with Crippen LogP contribution in [0.15, 0.2) is 18.3 Å². The Hall–Kier alpha value is -1.13. The van der Waals surface area contributed by atoms with Gasteiger partial charge < -0.3 is 14.9 Å². The molecule has 1 rings (SSSR count). The molecule has 1 N–H and O–H groups in total. The molecule has 1 atom stereocenters. The molecule has 4 heteroatoms. The fourth-order valence-electron chi connectivity index (χ4n) is 2.04. The molecule has 108 valence electrons. The summed E-state index contributed by atoms with van der Waals surface area (Å²) in [6.07, 6.45) is 1.31. The number of hydrogen-bond acceptors (Lipinski definition) is 4. The summed E-state index contributed by atoms with van der Waals surface area (Å²) >= 11 is 0. The van der Waals surface area contributed by atoms with Gasteiger partial charge in [-0.05, 0) is 33.0 Å². The Kier molecular flexibility index (Phi) is 6.25. The first-order valence-electron chi connectivity index (χ1n) is 6.94. The number of likely N-dealkylation sites (N-methyl/N-ethyl adjacent to an activating group) is 1. The van der Waals surface area contributed by atoms with E-state index in [4.69, 9.17) is 0 Å². The third kappa shape index (κ3) is 5.17. The number of hydrogen-bond donors (Lipinski definition) is 1. The van der Waals surface area contributed by atoms with Crippen LogP contribution in [0, 0.1) is 5.92 Å². The minimum Gasteiger partial charge on any atom is -0.389 e. The molecule has 0 amide bonds. The molecule has 4 nitrogen and oxygen atoms in total. The second-order valence-electron chi connectivity index (χ2n) is 5.74. The van der Waals surface area contributed by atoms with Gasteiger partial charge in [0.15, 0.2) is 0 Å². The van der Waals surface area contributed by atoms with Crippen molar-refractivity contribution in [1.82, 2.24) is 9.88 Å². The second kappa shape index (κ2) is 7.46. The van der Waals surface area contributed by atoms with E-state index in [1.165, 1.54) is 0 Å². The summed E-state index contributed by atoms with van der Waals surface area (Å²) in [5.41, 5.74) is 0.905. The molecular weight excluding hydrogens is 238 g/mol. The SMILES string of the molecule is CC(C)CN(CCN(C)C)c1ncccc1[C@@H](C)O. The molecule has 1 aromatic heterocycles. The molecule has 0 aliphatic carbocycles. The lowest BCUT2D eigenvalue weighted by molar-refractivity contribution is 0.199. The summed E-state index contributed by atoms with van der Waals surface area (Å²) in [5.74, 6) is 1.47. The third-order valence-corrected chi connectivity index (χ3v) is 2.97. The van der Waals surface area contributed by atoms with Crippen LogP contribution in [0.4, 0.5) is 5.82 Å². The molecule has 0 aliphatic rings. The summed E-state index contributed by atoms with van der Waals surface area (Å²) in [6.45, 7) is 9.04. The molecular formula is C15H27N3O. The van der Waals surface area contributed by atoms with E-state index in [0.717, 1.165) is 31.0 Å². The average molecular weight is 265 g/mol. The number of aromatic nitrogens is 1. The van der Waals surface area contributed by atoms with E-state index in [1.54, 1.807) is 13.1 Å². The summed E-state index contributed by atoms with van der Waals surface area (Å²) in [6, 6.07) is 3.83. The van der Waals surface area contributed by atoms with Gasteiger partial charge >= 0.3 is 0 Å². The Balaban J connectivity index is 2.95. The fraction of sp³-hybridized carbons (Fsp3) is 0.667. The van der Waals surface area contributed by atoms with Crippen molar-refractivity contribution in [3.8, 4) is 0 Å². The lowest BCUT2D eigenvalue weighted by Crippen LogP contribution is -2.35. The van der Waals surface area contributed by atoms with Crippen molar-refractivity contribution in [3.05, 3.63) is 23.9 Å². The van der Waals surface area contributed by atoms with Crippen LogP contribution in [-0.2, 0) is 0 Å². The maximum Gasteiger partial charge on any atom is 0.134 e. The van der Waals surface area contributed by atoms with Crippen molar-refractivity contribution in [2.45, 2.75) is 26.9 Å². The maximum absolute atomic E-state index is 9.89. The van der Waals surface area contributed by atoms with Gasteiger partial charge in [0, 0.05) is 31.4 Å². The van der Waals surface area contributed by atoms with Crippen molar-refractivity contribution in [3.63, 3.8) is 0 Å². The minimum atomic E-state index is -0.488. The molecule has 0 aromatic carbocycles. The van der Waals surface area contributed by atoms with E-state index >= 15 is 0 Å². The van der Waals surface area contributed by atoms with Gasteiger partial charge in [0.2, 0.25) is 0 Å². The summed E-state index contributed by atoms with van der Waals surface area (Å²) in [5, 5.41) is 9.89. The van der Waals surface area contributed by atoms with Crippen molar-refractivity contribution < 1.29 is 5.11 Å². The number of pyridine rings is 1. The molecule has 1 aromatic rings. The van der Waals surface area contributed by atoms with Crippen LogP contribution in [-0.4, -0.2) is 48.7 Å². The average Bonchev–Trinajstić information content (AvgIpc) is 2.33. The van der Waals surface area contributed by atoms with Gasteiger partial charge in [-0.2, -0.15) is 0 Å². The highest BCUT2D eigenvalue weighted by Gasteiger charge is 2.16. The first kappa shape index (κ1) is 15.9. The largest absolute Gasteiger partial charge is 0.389 e. The lowest BCUT2D eigenvalue weighted by Gasteiger charge is -2.29. The Morgan fingerprint density at radius 1 is 1.21 bits per heavy atom. The Bertz CT molecular complexity index is 377. The third-order valence-electron chi connectivity index (χ3n) is 2.97. The van der Waals surface area contributed by atoms with Gasteiger partial charge in [0.25, 0.3) is 0 Å². The maximum atomic E-state index is 9.89. The van der Waals surface area contributed by atoms with E-state index in [9.17, 15) is 5.11 Å². The van der Waals surface area contributed by atoms with E-state index in [0.29, 0.717) is 5.92 Å². The predicted octanol–water partition coefficient (Wildman–Crippen LogP) is 2.16. The van der Waals surface area contributed by atoms with Gasteiger partial charge in [-0.25, -0.2) is 4.98 Å². The van der Waals surface area contributed by atoms with E-state index in [2.05, 4.69) is 42.7 Å². The molecule has 0 saturated heterocycles. The van der Waals surface area contributed by atoms with Gasteiger partial charge in [0.1, 0.15) is 5.82 Å². The van der Waals surface area contributed by atoms with Crippen LogP contribution >= 0.6 is 0 Å². The Morgan fingerprint density at radius 2 is 1.89 bits per heavy atom. The molecule has 0 saturated carbocycles. The second-order valence-corrected chi connectivity index (χ2v) is 5.74. The summed E-state index contributed by atoms with van der Waals surface area (Å²) in [4.78, 5) is 8.91. The molecule has 0 spiro atoms. The molecule has 19 heavy (non-hydrogen) atoms. The van der Waals surface area contributed by atoms with E-state index in [-0.39, 0.29) is 0 Å². The van der Waals surface area contributed by atoms with Crippen LogP contribution in [0.3, 0.4) is 0 Å². The van der Waals surface area contributed by atoms with Crippen LogP contribution in [0.5, 0.6) is 0 Å². The van der Waals surface area contributed by atoms with Gasteiger partial charge in [-0.15, -0.1) is 0 Å². The van der Waals surface area contributed by atoms with Gasteiger partial charge in [-0.3, -0.25) is 0 Å². The van der Waals surface area contributed by atoms with E-state index < -0.39 is 6.10 Å². The number of aliphatic hydroxyl groups excluding tert-OH is 1. The number of anilines is 1. The van der Waals surface area contributed by atoms with Crippen molar-refractivity contribution in [1.29, 1.82) is 0 Å². The van der Waals surface area contributed by atoms with Crippen molar-refractivity contribution in [2.24, 2.45) is 5.92 Å². The number of rotatable bonds is 7. The fourth-order valence-corrected chi connectivity index (χ4v) is 2.04. The standard InChI is InChI=1S/C15H27N3O/c1-12(2)11-18(10-9-17(4)5)15-14(13(3)19)7-6-8-16-15/h6-8,12-13,19H,9-11H2,1-5H3/t13-/m1/s1. The highest BCUT2D eigenvalue weighted by molar-refractivity contribution is 5.47. The van der Waals surface area contributed by atoms with Gasteiger partial charge in [-0.1, -0.05) is 19.9 Å². The first-order chi connectivity index (χ1) is 8.91. The highest BCUT2D eigenvalue weighted by Crippen LogP contribution is 2.24. The molecule has 1 heterocycles. The number of nitrogens with zero attached hydrogens (tertiary/aromatic N) is 3. The molecule has 0 radical (unpaired) electrons. The van der Waals surface area contributed by atoms with E-state index in [1.807, 2.05) is 12.1 Å². The predicted molar refractivity (Wildman–Crippen MR) is 80.5 cm³/mol. The quantitative estimate of drug-likeness (QED) is 0.820. The molecule has 0 unspecified atom stereocenters. The van der Waals surface area contributed by atoms with Crippen molar-refractivity contribution in [2.75, 3.05) is 38.6 Å². The molecule has 0 fully saturated rings. The van der Waals surface area contributed by atoms with Crippen molar-refractivity contribution >= 4 is 5.82 Å². The summed E-state index contributed by atoms with van der Waals surface area (Å²) < 4.78 is 0.